The predicted octanol–water partition coefficient (Wildman–Crippen LogP) is 4.45. The molecule has 3 aromatic rings. The maximum atomic E-state index is 12.9. The molecular formula is C26H28N2O5. The fourth-order valence-corrected chi connectivity index (χ4v) is 4.24. The molecule has 0 radical (unpaired) electrons. The lowest BCUT2D eigenvalue weighted by molar-refractivity contribution is 0.137. The van der Waals surface area contributed by atoms with Gasteiger partial charge in [0.1, 0.15) is 0 Å². The summed E-state index contributed by atoms with van der Waals surface area (Å²) in [6.07, 6.45) is 2.91. The van der Waals surface area contributed by atoms with E-state index in [1.165, 1.54) is 7.11 Å². The number of rotatable bonds is 5. The number of carbonyl (C=O) groups is 1. The first kappa shape index (κ1) is 22.5. The molecule has 4 rings (SSSR count). The first-order valence-corrected chi connectivity index (χ1v) is 11.0. The van der Waals surface area contributed by atoms with Crippen molar-refractivity contribution >= 4 is 6.09 Å². The van der Waals surface area contributed by atoms with Gasteiger partial charge in [0.25, 0.3) is 5.56 Å². The Labute approximate surface area is 193 Å². The summed E-state index contributed by atoms with van der Waals surface area (Å²) in [5.41, 5.74) is 2.83. The first-order chi connectivity index (χ1) is 16.0. The summed E-state index contributed by atoms with van der Waals surface area (Å²) in [5, 5.41) is 0. The summed E-state index contributed by atoms with van der Waals surface area (Å²) in [7, 11) is 4.83. The minimum absolute atomic E-state index is 0.0191. The molecule has 1 aliphatic rings. The van der Waals surface area contributed by atoms with Gasteiger partial charge in [-0.1, -0.05) is 30.3 Å². The van der Waals surface area contributed by atoms with E-state index < -0.39 is 6.09 Å². The van der Waals surface area contributed by atoms with Crippen molar-refractivity contribution in [2.75, 3.05) is 27.3 Å². The van der Waals surface area contributed by atoms with Crippen LogP contribution in [0.1, 0.15) is 24.3 Å². The Morgan fingerprint density at radius 3 is 2.27 bits per heavy atom. The zero-order valence-corrected chi connectivity index (χ0v) is 19.1. The monoisotopic (exact) mass is 448 g/mol. The van der Waals surface area contributed by atoms with E-state index in [2.05, 4.69) is 0 Å². The lowest BCUT2D eigenvalue weighted by Gasteiger charge is -2.31. The van der Waals surface area contributed by atoms with Crippen LogP contribution < -0.4 is 19.8 Å². The Balaban J connectivity index is 1.47. The Morgan fingerprint density at radius 2 is 1.64 bits per heavy atom. The van der Waals surface area contributed by atoms with Gasteiger partial charge in [-0.3, -0.25) is 4.79 Å². The highest BCUT2D eigenvalue weighted by Gasteiger charge is 2.27. The molecule has 0 saturated carbocycles. The zero-order chi connectivity index (χ0) is 23.4. The van der Waals surface area contributed by atoms with Gasteiger partial charge < -0.3 is 23.7 Å². The summed E-state index contributed by atoms with van der Waals surface area (Å²) in [6, 6.07) is 17.1. The van der Waals surface area contributed by atoms with Gasteiger partial charge in [-0.15, -0.1) is 0 Å². The van der Waals surface area contributed by atoms with Crippen LogP contribution in [0.15, 0.2) is 65.6 Å². The third-order valence-corrected chi connectivity index (χ3v) is 6.12. The minimum Gasteiger partial charge on any atom is -0.492 e. The number of carbonyl (C=O) groups excluding carboxylic acids is 1. The summed E-state index contributed by atoms with van der Waals surface area (Å²) in [5.74, 6) is 1.45. The first-order valence-electron chi connectivity index (χ1n) is 11.0. The van der Waals surface area contributed by atoms with Crippen LogP contribution in [0.2, 0.25) is 0 Å². The van der Waals surface area contributed by atoms with Crippen LogP contribution in [-0.4, -0.2) is 42.9 Å². The van der Waals surface area contributed by atoms with Crippen LogP contribution in [0, 0.1) is 0 Å². The second-order valence-corrected chi connectivity index (χ2v) is 8.08. The van der Waals surface area contributed by atoms with E-state index in [0.29, 0.717) is 30.3 Å². The molecule has 1 fully saturated rings. The largest absolute Gasteiger partial charge is 0.492 e. The number of ether oxygens (including phenoxy) is 3. The Bertz CT molecular complexity index is 1180. The van der Waals surface area contributed by atoms with Crippen molar-refractivity contribution in [3.05, 3.63) is 76.7 Å². The smallest absolute Gasteiger partial charge is 0.415 e. The zero-order valence-electron chi connectivity index (χ0n) is 19.1. The molecule has 0 aliphatic carbocycles. The normalized spacial score (nSPS) is 14.1. The second kappa shape index (κ2) is 9.81. The molecule has 7 nitrogen and oxygen atoms in total. The third-order valence-electron chi connectivity index (χ3n) is 6.12. The van der Waals surface area contributed by atoms with Crippen LogP contribution in [-0.2, 0) is 7.05 Å². The van der Waals surface area contributed by atoms with Crippen molar-refractivity contribution in [1.29, 1.82) is 0 Å². The summed E-state index contributed by atoms with van der Waals surface area (Å²) in [4.78, 5) is 26.5. The van der Waals surface area contributed by atoms with Crippen LogP contribution in [0.25, 0.3) is 11.1 Å². The van der Waals surface area contributed by atoms with Gasteiger partial charge in [0.05, 0.1) is 14.2 Å². The SMILES string of the molecule is COc1c(OC(=O)N2CCC(c3ccn(C)c(=O)c3)CC2)ccc(-c2ccccc2)c1OC. The number of piperidine rings is 1. The summed E-state index contributed by atoms with van der Waals surface area (Å²) in [6.45, 7) is 1.11. The van der Waals surface area contributed by atoms with Crippen LogP contribution in [0.4, 0.5) is 4.79 Å². The van der Waals surface area contributed by atoms with Crippen molar-refractivity contribution < 1.29 is 19.0 Å². The molecule has 0 spiro atoms. The number of amides is 1. The van der Waals surface area contributed by atoms with Gasteiger partial charge >= 0.3 is 6.09 Å². The van der Waals surface area contributed by atoms with E-state index in [0.717, 1.165) is 29.5 Å². The van der Waals surface area contributed by atoms with E-state index in [1.807, 2.05) is 42.5 Å². The third kappa shape index (κ3) is 4.72. The van der Waals surface area contributed by atoms with Gasteiger partial charge in [-0.2, -0.15) is 0 Å². The van der Waals surface area contributed by atoms with Gasteiger partial charge in [0, 0.05) is 38.0 Å². The van der Waals surface area contributed by atoms with E-state index in [-0.39, 0.29) is 11.5 Å². The molecule has 1 aromatic heterocycles. The molecule has 172 valence electrons. The Kier molecular flexibility index (Phi) is 6.68. The molecule has 0 unspecified atom stereocenters. The Morgan fingerprint density at radius 1 is 0.939 bits per heavy atom. The number of hydrogen-bond acceptors (Lipinski definition) is 5. The van der Waals surface area contributed by atoms with E-state index in [9.17, 15) is 9.59 Å². The molecular weight excluding hydrogens is 420 g/mol. The summed E-state index contributed by atoms with van der Waals surface area (Å²) >= 11 is 0. The molecule has 0 bridgehead atoms. The molecule has 2 heterocycles. The van der Waals surface area contributed by atoms with Gasteiger partial charge in [-0.05, 0) is 48.1 Å². The van der Waals surface area contributed by atoms with Crippen molar-refractivity contribution in [3.8, 4) is 28.4 Å². The van der Waals surface area contributed by atoms with E-state index in [4.69, 9.17) is 14.2 Å². The quantitative estimate of drug-likeness (QED) is 0.577. The fraction of sp³-hybridized carbons (Fsp3) is 0.308. The molecule has 1 saturated heterocycles. The number of nitrogens with zero attached hydrogens (tertiary/aromatic N) is 2. The predicted molar refractivity (Wildman–Crippen MR) is 126 cm³/mol. The molecule has 7 heteroatoms. The number of methoxy groups -OCH3 is 2. The minimum atomic E-state index is -0.426. The summed E-state index contributed by atoms with van der Waals surface area (Å²) < 4.78 is 18.4. The number of aromatic nitrogens is 1. The van der Waals surface area contributed by atoms with Crippen molar-refractivity contribution in [1.82, 2.24) is 9.47 Å². The van der Waals surface area contributed by atoms with E-state index in [1.54, 1.807) is 42.0 Å². The highest BCUT2D eigenvalue weighted by atomic mass is 16.6. The highest BCUT2D eigenvalue weighted by molar-refractivity contribution is 5.79. The number of likely N-dealkylation sites (tertiary alicyclic amines) is 1. The van der Waals surface area contributed by atoms with Crippen LogP contribution in [0.5, 0.6) is 17.2 Å². The standard InChI is InChI=1S/C26H28N2O5/c1-27-14-11-20(17-23(27)29)18-12-15-28(16-13-18)26(30)33-22-10-9-21(19-7-5-4-6-8-19)24(31-2)25(22)32-3/h4-11,14,17-18H,12-13,15-16H2,1-3H3. The molecule has 0 N–H and O–H groups in total. The van der Waals surface area contributed by atoms with Gasteiger partial charge in [0.15, 0.2) is 11.5 Å². The molecule has 1 aliphatic heterocycles. The topological polar surface area (TPSA) is 70.0 Å². The number of aryl methyl sites for hydroxylation is 1. The van der Waals surface area contributed by atoms with Gasteiger partial charge in [-0.25, -0.2) is 4.79 Å². The maximum absolute atomic E-state index is 12.9. The van der Waals surface area contributed by atoms with Crippen LogP contribution in [0.3, 0.4) is 0 Å². The molecule has 0 atom stereocenters. The van der Waals surface area contributed by atoms with Gasteiger partial charge in [0.2, 0.25) is 5.75 Å². The van der Waals surface area contributed by atoms with Crippen molar-refractivity contribution in [2.45, 2.75) is 18.8 Å². The average molecular weight is 449 g/mol. The lowest BCUT2D eigenvalue weighted by Crippen LogP contribution is -2.39. The van der Waals surface area contributed by atoms with Crippen molar-refractivity contribution in [3.63, 3.8) is 0 Å². The average Bonchev–Trinajstić information content (AvgIpc) is 2.86. The molecule has 33 heavy (non-hydrogen) atoms. The number of hydrogen-bond donors (Lipinski definition) is 0. The lowest BCUT2D eigenvalue weighted by atomic mass is 9.90. The second-order valence-electron chi connectivity index (χ2n) is 8.08. The molecule has 1 amide bonds. The number of benzene rings is 2. The maximum Gasteiger partial charge on any atom is 0.415 e. The van der Waals surface area contributed by atoms with Crippen LogP contribution >= 0.6 is 0 Å². The Hall–Kier alpha value is -3.74. The number of pyridine rings is 1. The molecule has 2 aromatic carbocycles. The van der Waals surface area contributed by atoms with E-state index >= 15 is 0 Å². The highest BCUT2D eigenvalue weighted by Crippen LogP contribution is 2.44. The van der Waals surface area contributed by atoms with Crippen molar-refractivity contribution in [2.24, 2.45) is 7.05 Å². The fourth-order valence-electron chi connectivity index (χ4n) is 4.24.